The van der Waals surface area contributed by atoms with Crippen LogP contribution in [-0.2, 0) is 0 Å². The Morgan fingerprint density at radius 3 is 0.864 bits per heavy atom. The Hall–Kier alpha value is -0.0800. The molecule has 0 amide bonds. The molecule has 0 fully saturated rings. The van der Waals surface area contributed by atoms with Crippen molar-refractivity contribution in [3.8, 4) is 0 Å². The van der Waals surface area contributed by atoms with E-state index in [1.165, 1.54) is 0 Å². The fourth-order valence-electron chi connectivity index (χ4n) is 4.52. The fourth-order valence-corrected chi connectivity index (χ4v) is 4.52. The van der Waals surface area contributed by atoms with E-state index in [0.29, 0.717) is 0 Å². The molecular weight excluding hydrogens is 268 g/mol. The number of hydrogen-bond donors (Lipinski definition) is 0. The second kappa shape index (κ2) is 11.5. The highest BCUT2D eigenvalue weighted by molar-refractivity contribution is 4.72. The van der Waals surface area contributed by atoms with E-state index in [1.807, 2.05) is 0 Å². The van der Waals surface area contributed by atoms with Gasteiger partial charge in [0.1, 0.15) is 0 Å². The van der Waals surface area contributed by atoms with E-state index < -0.39 is 0 Å². The van der Waals surface area contributed by atoms with Crippen LogP contribution in [0, 0.1) is 23.7 Å². The molecule has 0 aromatic heterocycles. The predicted octanol–water partition coefficient (Wildman–Crippen LogP) is 5.24. The summed E-state index contributed by atoms with van der Waals surface area (Å²) >= 11 is 0. The topological polar surface area (TPSA) is 3.24 Å². The first kappa shape index (κ1) is 26.8. The smallest absolute Gasteiger partial charge is 0.0930 e. The molecule has 2 nitrogen and oxygen atoms in total. The second-order valence-electron chi connectivity index (χ2n) is 9.04. The zero-order chi connectivity index (χ0) is 17.5. The highest BCUT2D eigenvalue weighted by Crippen LogP contribution is 2.21. The molecule has 0 rings (SSSR count). The average Bonchev–Trinajstić information content (AvgIpc) is 2.10. The summed E-state index contributed by atoms with van der Waals surface area (Å²) in [6.45, 7) is 18.4. The van der Waals surface area contributed by atoms with Crippen LogP contribution in [0.15, 0.2) is 0 Å². The second-order valence-corrected chi connectivity index (χ2v) is 9.04. The maximum absolute atomic E-state index is 2.31. The van der Waals surface area contributed by atoms with Crippen molar-refractivity contribution in [3.63, 3.8) is 0 Å². The van der Waals surface area contributed by atoms with Crippen LogP contribution in [-0.4, -0.2) is 56.7 Å². The Morgan fingerprint density at radius 2 is 0.864 bits per heavy atom. The van der Waals surface area contributed by atoms with Gasteiger partial charge in [0.25, 0.3) is 0 Å². The first-order valence-corrected chi connectivity index (χ1v) is 8.70. The minimum absolute atomic E-state index is 0. The van der Waals surface area contributed by atoms with Gasteiger partial charge < -0.3 is 9.38 Å². The van der Waals surface area contributed by atoms with Crippen molar-refractivity contribution in [1.82, 2.24) is 4.90 Å². The van der Waals surface area contributed by atoms with Crippen molar-refractivity contribution < 1.29 is 4.48 Å². The van der Waals surface area contributed by atoms with Crippen LogP contribution in [0.1, 0.15) is 62.8 Å². The summed E-state index contributed by atoms with van der Waals surface area (Å²) < 4.78 is 1.08. The molecule has 0 bridgehead atoms. The third-order valence-electron chi connectivity index (χ3n) is 4.22. The van der Waals surface area contributed by atoms with Crippen LogP contribution in [0.4, 0.5) is 0 Å². The summed E-state index contributed by atoms with van der Waals surface area (Å²) in [6.07, 6.45) is 0. The molecule has 0 aromatic carbocycles. The SMILES string of the molecule is C.CC(C)C(C(C)C)N(C)C.CC(C)C(C(C)C)[N+](C)(C)C. The molecule has 0 aromatic rings. The number of quaternary nitrogens is 1. The van der Waals surface area contributed by atoms with Crippen LogP contribution < -0.4 is 0 Å². The number of nitrogens with zero attached hydrogens (tertiary/aromatic N) is 2. The van der Waals surface area contributed by atoms with Crippen LogP contribution in [0.25, 0.3) is 0 Å². The van der Waals surface area contributed by atoms with Gasteiger partial charge >= 0.3 is 0 Å². The molecule has 0 aliphatic heterocycles. The summed E-state index contributed by atoms with van der Waals surface area (Å²) in [5.74, 6) is 3.06. The summed E-state index contributed by atoms with van der Waals surface area (Å²) in [5.41, 5.74) is 0. The lowest BCUT2D eigenvalue weighted by Crippen LogP contribution is -2.50. The molecule has 0 radical (unpaired) electrons. The maximum atomic E-state index is 2.31. The van der Waals surface area contributed by atoms with Gasteiger partial charge in [-0.2, -0.15) is 0 Å². The number of rotatable bonds is 6. The first-order valence-electron chi connectivity index (χ1n) is 8.70. The average molecular weight is 318 g/mol. The maximum Gasteiger partial charge on any atom is 0.0930 e. The Morgan fingerprint density at radius 1 is 0.591 bits per heavy atom. The van der Waals surface area contributed by atoms with E-state index in [-0.39, 0.29) is 7.43 Å². The summed E-state index contributed by atoms with van der Waals surface area (Å²) in [5, 5.41) is 0. The molecule has 0 aliphatic carbocycles. The summed E-state index contributed by atoms with van der Waals surface area (Å²) in [4.78, 5) is 2.31. The van der Waals surface area contributed by atoms with Crippen molar-refractivity contribution in [2.75, 3.05) is 35.2 Å². The van der Waals surface area contributed by atoms with Crippen molar-refractivity contribution in [2.45, 2.75) is 74.9 Å². The molecule has 0 aliphatic rings. The lowest BCUT2D eigenvalue weighted by molar-refractivity contribution is -0.903. The van der Waals surface area contributed by atoms with Crippen LogP contribution >= 0.6 is 0 Å². The van der Waals surface area contributed by atoms with Gasteiger partial charge in [0, 0.05) is 17.9 Å². The molecule has 22 heavy (non-hydrogen) atoms. The summed E-state index contributed by atoms with van der Waals surface area (Å²) in [6, 6.07) is 1.50. The minimum atomic E-state index is 0. The van der Waals surface area contributed by atoms with E-state index in [9.17, 15) is 0 Å². The lowest BCUT2D eigenvalue weighted by Gasteiger charge is -2.39. The van der Waals surface area contributed by atoms with Crippen LogP contribution in [0.3, 0.4) is 0 Å². The molecule has 0 saturated heterocycles. The van der Waals surface area contributed by atoms with Crippen molar-refractivity contribution in [2.24, 2.45) is 23.7 Å². The van der Waals surface area contributed by atoms with Crippen LogP contribution in [0.5, 0.6) is 0 Å². The molecule has 0 saturated carbocycles. The normalized spacial score (nSPS) is 12.5. The number of hydrogen-bond acceptors (Lipinski definition) is 1. The molecule has 0 N–H and O–H groups in total. The van der Waals surface area contributed by atoms with E-state index >= 15 is 0 Å². The van der Waals surface area contributed by atoms with E-state index in [1.54, 1.807) is 0 Å². The molecule has 0 unspecified atom stereocenters. The Bertz CT molecular complexity index is 220. The van der Waals surface area contributed by atoms with E-state index in [2.05, 4.69) is 95.5 Å². The molecular formula is C20H49N2+. The van der Waals surface area contributed by atoms with Gasteiger partial charge in [-0.25, -0.2) is 0 Å². The van der Waals surface area contributed by atoms with Gasteiger partial charge in [0.05, 0.1) is 27.2 Å². The summed E-state index contributed by atoms with van der Waals surface area (Å²) in [7, 11) is 11.2. The van der Waals surface area contributed by atoms with E-state index in [0.717, 1.165) is 40.2 Å². The van der Waals surface area contributed by atoms with Gasteiger partial charge in [-0.15, -0.1) is 0 Å². The van der Waals surface area contributed by atoms with E-state index in [4.69, 9.17) is 0 Å². The molecule has 0 spiro atoms. The minimum Gasteiger partial charge on any atom is -0.328 e. The molecule has 0 atom stereocenters. The third-order valence-corrected chi connectivity index (χ3v) is 4.22. The standard InChI is InChI=1S/C10H24N.C9H21N.CH4/c1-8(2)10(9(3)4)11(5,6)7;1-7(2)9(8(3)4)10(5)6;/h8-10H,1-7H3;7-9H,1-6H3;1H4/q+1;;. The van der Waals surface area contributed by atoms with Crippen molar-refractivity contribution in [1.29, 1.82) is 0 Å². The van der Waals surface area contributed by atoms with Crippen molar-refractivity contribution >= 4 is 0 Å². The third kappa shape index (κ3) is 10.6. The lowest BCUT2D eigenvalue weighted by atomic mass is 9.91. The van der Waals surface area contributed by atoms with Crippen LogP contribution in [0.2, 0.25) is 0 Å². The predicted molar refractivity (Wildman–Crippen MR) is 105 cm³/mol. The quantitative estimate of drug-likeness (QED) is 0.606. The Kier molecular flexibility index (Phi) is 14.0. The molecule has 138 valence electrons. The molecule has 2 heteroatoms. The van der Waals surface area contributed by atoms with Gasteiger partial charge in [0.2, 0.25) is 0 Å². The first-order chi connectivity index (χ1) is 9.23. The van der Waals surface area contributed by atoms with Gasteiger partial charge in [-0.05, 0) is 25.9 Å². The monoisotopic (exact) mass is 317 g/mol. The highest BCUT2D eigenvalue weighted by Gasteiger charge is 2.29. The zero-order valence-corrected chi connectivity index (χ0v) is 17.4. The highest BCUT2D eigenvalue weighted by atomic mass is 15.3. The fraction of sp³-hybridized carbons (Fsp3) is 1.00. The molecule has 0 heterocycles. The zero-order valence-electron chi connectivity index (χ0n) is 17.4. The Labute approximate surface area is 143 Å². The Balaban J connectivity index is -0.000000315. The van der Waals surface area contributed by atoms with Gasteiger partial charge in [-0.3, -0.25) is 0 Å². The van der Waals surface area contributed by atoms with Crippen molar-refractivity contribution in [3.05, 3.63) is 0 Å². The largest absolute Gasteiger partial charge is 0.328 e. The van der Waals surface area contributed by atoms with Gasteiger partial charge in [0.15, 0.2) is 0 Å². The van der Waals surface area contributed by atoms with Gasteiger partial charge in [-0.1, -0.05) is 62.8 Å².